The second-order valence-corrected chi connectivity index (χ2v) is 5.28. The number of carbonyl (C=O) groups excluding carboxylic acids is 1. The van der Waals surface area contributed by atoms with Crippen molar-refractivity contribution in [3.63, 3.8) is 0 Å². The van der Waals surface area contributed by atoms with Crippen molar-refractivity contribution >= 4 is 17.7 Å². The summed E-state index contributed by atoms with van der Waals surface area (Å²) >= 11 is 1.59. The molecule has 0 aromatic heterocycles. The largest absolute Gasteiger partial charge is 0.392 e. The van der Waals surface area contributed by atoms with Gasteiger partial charge in [0.25, 0.3) is 0 Å². The highest BCUT2D eigenvalue weighted by molar-refractivity contribution is 7.99. The number of hydrogen-bond donors (Lipinski definition) is 1. The van der Waals surface area contributed by atoms with Gasteiger partial charge < -0.3 is 10.0 Å². The van der Waals surface area contributed by atoms with Crippen molar-refractivity contribution in [1.29, 1.82) is 5.26 Å². The number of amides is 1. The zero-order valence-electron chi connectivity index (χ0n) is 10.1. The Morgan fingerprint density at radius 1 is 1.56 bits per heavy atom. The van der Waals surface area contributed by atoms with Gasteiger partial charge in [-0.15, -0.1) is 0 Å². The summed E-state index contributed by atoms with van der Waals surface area (Å²) in [6.07, 6.45) is 0.486. The van der Waals surface area contributed by atoms with Gasteiger partial charge in [0, 0.05) is 31.0 Å². The van der Waals surface area contributed by atoms with Crippen LogP contribution in [0.4, 0.5) is 0 Å². The molecular weight excluding hydrogens is 224 g/mol. The highest BCUT2D eigenvalue weighted by atomic mass is 32.2. The minimum Gasteiger partial charge on any atom is -0.392 e. The van der Waals surface area contributed by atoms with E-state index >= 15 is 0 Å². The molecule has 5 heteroatoms. The third kappa shape index (κ3) is 6.70. The van der Waals surface area contributed by atoms with Gasteiger partial charge in [0.05, 0.1) is 18.6 Å². The highest BCUT2D eigenvalue weighted by Crippen LogP contribution is 2.15. The lowest BCUT2D eigenvalue weighted by Gasteiger charge is -2.17. The third-order valence-electron chi connectivity index (χ3n) is 2.36. The summed E-state index contributed by atoms with van der Waals surface area (Å²) in [6, 6.07) is 2.01. The van der Waals surface area contributed by atoms with Crippen molar-refractivity contribution in [3.05, 3.63) is 0 Å². The standard InChI is InChI=1S/C11H20N2O2S/c1-9(14)10(2)16-8-5-11(15)13(3)7-4-6-12/h9-10,14H,4-5,7-8H2,1-3H3. The van der Waals surface area contributed by atoms with Gasteiger partial charge in [-0.3, -0.25) is 4.79 Å². The molecule has 16 heavy (non-hydrogen) atoms. The Hall–Kier alpha value is -0.730. The summed E-state index contributed by atoms with van der Waals surface area (Å²) in [4.78, 5) is 13.1. The van der Waals surface area contributed by atoms with Crippen LogP contribution < -0.4 is 0 Å². The first kappa shape index (κ1) is 15.3. The van der Waals surface area contributed by atoms with E-state index in [1.54, 1.807) is 30.6 Å². The fraction of sp³-hybridized carbons (Fsp3) is 0.818. The Bertz CT molecular complexity index is 251. The lowest BCUT2D eigenvalue weighted by molar-refractivity contribution is -0.129. The van der Waals surface area contributed by atoms with E-state index in [4.69, 9.17) is 5.26 Å². The number of thioether (sulfide) groups is 1. The topological polar surface area (TPSA) is 64.3 Å². The molecule has 0 bridgehead atoms. The number of aliphatic hydroxyl groups excluding tert-OH is 1. The van der Waals surface area contributed by atoms with E-state index in [0.717, 1.165) is 0 Å². The summed E-state index contributed by atoms with van der Waals surface area (Å²) in [5, 5.41) is 17.8. The average Bonchev–Trinajstić information content (AvgIpc) is 2.25. The maximum Gasteiger partial charge on any atom is 0.223 e. The summed E-state index contributed by atoms with van der Waals surface area (Å²) < 4.78 is 0. The minimum absolute atomic E-state index is 0.0561. The predicted molar refractivity (Wildman–Crippen MR) is 66.1 cm³/mol. The monoisotopic (exact) mass is 244 g/mol. The number of hydrogen-bond acceptors (Lipinski definition) is 4. The van der Waals surface area contributed by atoms with Crippen LogP contribution in [-0.4, -0.2) is 46.6 Å². The summed E-state index contributed by atoms with van der Waals surface area (Å²) in [5.74, 6) is 0.766. The summed E-state index contributed by atoms with van der Waals surface area (Å²) in [7, 11) is 1.71. The lowest BCUT2D eigenvalue weighted by atomic mass is 10.3. The Morgan fingerprint density at radius 3 is 2.69 bits per heavy atom. The molecule has 0 radical (unpaired) electrons. The summed E-state index contributed by atoms with van der Waals surface area (Å²) in [5.41, 5.74) is 0. The van der Waals surface area contributed by atoms with Gasteiger partial charge >= 0.3 is 0 Å². The molecule has 0 aliphatic heterocycles. The van der Waals surface area contributed by atoms with Crippen molar-refractivity contribution in [3.8, 4) is 6.07 Å². The zero-order valence-corrected chi connectivity index (χ0v) is 11.0. The van der Waals surface area contributed by atoms with Crippen LogP contribution in [0.2, 0.25) is 0 Å². The molecule has 4 nitrogen and oxygen atoms in total. The molecule has 1 N–H and O–H groups in total. The number of aliphatic hydroxyl groups is 1. The Balaban J connectivity index is 3.69. The molecule has 0 aromatic rings. The van der Waals surface area contributed by atoms with Gasteiger partial charge in [-0.2, -0.15) is 17.0 Å². The molecule has 0 fully saturated rings. The van der Waals surface area contributed by atoms with Gasteiger partial charge in [0.15, 0.2) is 0 Å². The predicted octanol–water partition coefficient (Wildman–Crippen LogP) is 1.25. The molecule has 0 heterocycles. The molecule has 0 saturated carbocycles. The second kappa shape index (κ2) is 8.43. The highest BCUT2D eigenvalue weighted by Gasteiger charge is 2.12. The van der Waals surface area contributed by atoms with Crippen molar-refractivity contribution < 1.29 is 9.90 Å². The van der Waals surface area contributed by atoms with Gasteiger partial charge in [-0.05, 0) is 6.92 Å². The molecule has 2 atom stereocenters. The van der Waals surface area contributed by atoms with Crippen molar-refractivity contribution in [1.82, 2.24) is 4.90 Å². The number of nitriles is 1. The Morgan fingerprint density at radius 2 is 2.19 bits per heavy atom. The van der Waals surface area contributed by atoms with Crippen LogP contribution >= 0.6 is 11.8 Å². The van der Waals surface area contributed by atoms with E-state index in [-0.39, 0.29) is 17.3 Å². The van der Waals surface area contributed by atoms with Crippen molar-refractivity contribution in [2.45, 2.75) is 38.0 Å². The zero-order chi connectivity index (χ0) is 12.6. The Kier molecular flexibility index (Phi) is 8.04. The summed E-state index contributed by atoms with van der Waals surface area (Å²) in [6.45, 7) is 4.18. The molecule has 0 aliphatic carbocycles. The maximum atomic E-state index is 11.5. The van der Waals surface area contributed by atoms with Crippen LogP contribution in [0.25, 0.3) is 0 Å². The fourth-order valence-corrected chi connectivity index (χ4v) is 1.95. The average molecular weight is 244 g/mol. The van der Waals surface area contributed by atoms with E-state index in [9.17, 15) is 9.90 Å². The van der Waals surface area contributed by atoms with Gasteiger partial charge in [0.1, 0.15) is 0 Å². The molecule has 0 aromatic carbocycles. The molecule has 2 unspecified atom stereocenters. The molecule has 92 valence electrons. The van der Waals surface area contributed by atoms with Gasteiger partial charge in [-0.25, -0.2) is 0 Å². The van der Waals surface area contributed by atoms with Crippen LogP contribution in [0, 0.1) is 11.3 Å². The first-order chi connectivity index (χ1) is 7.49. The molecule has 1 amide bonds. The third-order valence-corrected chi connectivity index (χ3v) is 3.72. The van der Waals surface area contributed by atoms with E-state index in [0.29, 0.717) is 25.1 Å². The van der Waals surface area contributed by atoms with E-state index in [2.05, 4.69) is 0 Å². The van der Waals surface area contributed by atoms with E-state index < -0.39 is 0 Å². The first-order valence-electron chi connectivity index (χ1n) is 5.39. The number of nitrogens with zero attached hydrogens (tertiary/aromatic N) is 2. The maximum absolute atomic E-state index is 11.5. The van der Waals surface area contributed by atoms with Crippen LogP contribution in [-0.2, 0) is 4.79 Å². The van der Waals surface area contributed by atoms with Crippen LogP contribution in [0.5, 0.6) is 0 Å². The lowest BCUT2D eigenvalue weighted by Crippen LogP contribution is -2.28. The van der Waals surface area contributed by atoms with Crippen LogP contribution in [0.15, 0.2) is 0 Å². The van der Waals surface area contributed by atoms with Crippen LogP contribution in [0.1, 0.15) is 26.7 Å². The number of rotatable bonds is 7. The van der Waals surface area contributed by atoms with Crippen LogP contribution in [0.3, 0.4) is 0 Å². The molecule has 0 aliphatic rings. The molecular formula is C11H20N2O2S. The van der Waals surface area contributed by atoms with E-state index in [1.807, 2.05) is 13.0 Å². The molecule has 0 rings (SSSR count). The smallest absolute Gasteiger partial charge is 0.223 e. The fourth-order valence-electron chi connectivity index (χ4n) is 1.00. The number of carbonyl (C=O) groups is 1. The molecule has 0 saturated heterocycles. The second-order valence-electron chi connectivity index (χ2n) is 3.79. The van der Waals surface area contributed by atoms with Gasteiger partial charge in [-0.1, -0.05) is 6.92 Å². The van der Waals surface area contributed by atoms with E-state index in [1.165, 1.54) is 0 Å². The Labute approximate surface area is 102 Å². The van der Waals surface area contributed by atoms with Gasteiger partial charge in [0.2, 0.25) is 5.91 Å². The normalized spacial score (nSPS) is 13.9. The quantitative estimate of drug-likeness (QED) is 0.732. The minimum atomic E-state index is -0.351. The SMILES string of the molecule is CC(O)C(C)SCCC(=O)N(C)CCC#N. The van der Waals surface area contributed by atoms with Crippen molar-refractivity contribution in [2.24, 2.45) is 0 Å². The molecule has 0 spiro atoms. The van der Waals surface area contributed by atoms with Crippen molar-refractivity contribution in [2.75, 3.05) is 19.3 Å². The first-order valence-corrected chi connectivity index (χ1v) is 6.44.